The van der Waals surface area contributed by atoms with E-state index in [1.165, 1.54) is 13.1 Å². The largest absolute Gasteiger partial charge is 0.438 e. The Bertz CT molecular complexity index is 1220. The second-order valence-electron chi connectivity index (χ2n) is 9.11. The van der Waals surface area contributed by atoms with Crippen molar-refractivity contribution >= 4 is 29.1 Å². The number of amides is 2. The number of carbonyl (C=O) groups is 2. The molecule has 0 bridgehead atoms. The van der Waals surface area contributed by atoms with Gasteiger partial charge < -0.3 is 25.6 Å². The predicted octanol–water partition coefficient (Wildman–Crippen LogP) is 5.63. The molecule has 0 saturated carbocycles. The van der Waals surface area contributed by atoms with E-state index in [4.69, 9.17) is 4.74 Å². The van der Waals surface area contributed by atoms with Crippen LogP contribution in [0.2, 0.25) is 0 Å². The molecule has 0 aliphatic rings. The summed E-state index contributed by atoms with van der Waals surface area (Å²) in [6, 6.07) is 12.8. The Morgan fingerprint density at radius 3 is 2.37 bits per heavy atom. The lowest BCUT2D eigenvalue weighted by Gasteiger charge is -2.17. The summed E-state index contributed by atoms with van der Waals surface area (Å²) < 4.78 is 6.07. The maximum atomic E-state index is 13.3. The Balaban J connectivity index is 1.81. The van der Waals surface area contributed by atoms with Crippen molar-refractivity contribution in [1.82, 2.24) is 14.9 Å². The Hall–Kier alpha value is -3.98. The number of carbonyl (C=O) groups excluding carboxylic acids is 2. The third-order valence-corrected chi connectivity index (χ3v) is 6.17. The van der Waals surface area contributed by atoms with Gasteiger partial charge in [0.25, 0.3) is 5.91 Å². The molecular formula is C29H38N6O3. The van der Waals surface area contributed by atoms with Crippen molar-refractivity contribution in [1.29, 1.82) is 0 Å². The van der Waals surface area contributed by atoms with E-state index in [9.17, 15) is 9.59 Å². The van der Waals surface area contributed by atoms with E-state index in [1.807, 2.05) is 32.0 Å². The van der Waals surface area contributed by atoms with Crippen LogP contribution in [0.15, 0.2) is 48.7 Å². The van der Waals surface area contributed by atoms with Crippen molar-refractivity contribution in [2.75, 3.05) is 42.1 Å². The van der Waals surface area contributed by atoms with E-state index in [0.717, 1.165) is 49.3 Å². The van der Waals surface area contributed by atoms with Crippen LogP contribution in [0, 0.1) is 13.8 Å². The lowest BCUT2D eigenvalue weighted by Crippen LogP contribution is -2.24. The summed E-state index contributed by atoms with van der Waals surface area (Å²) in [5.74, 6) is 0.367. The molecule has 0 fully saturated rings. The molecule has 3 aromatic rings. The maximum absolute atomic E-state index is 13.3. The number of hydrogen-bond acceptors (Lipinski definition) is 7. The highest BCUT2D eigenvalue weighted by Crippen LogP contribution is 2.28. The zero-order valence-corrected chi connectivity index (χ0v) is 22.9. The van der Waals surface area contributed by atoms with Crippen LogP contribution in [-0.2, 0) is 4.79 Å². The lowest BCUT2D eigenvalue weighted by molar-refractivity contribution is -0.114. The minimum atomic E-state index is -0.374. The predicted molar refractivity (Wildman–Crippen MR) is 152 cm³/mol. The van der Waals surface area contributed by atoms with Crippen molar-refractivity contribution in [3.05, 3.63) is 65.4 Å². The first kappa shape index (κ1) is 28.6. The van der Waals surface area contributed by atoms with Gasteiger partial charge in [-0.15, -0.1) is 0 Å². The first-order chi connectivity index (χ1) is 18.3. The molecule has 2 aromatic carbocycles. The highest BCUT2D eigenvalue weighted by molar-refractivity contribution is 6.06. The van der Waals surface area contributed by atoms with Crippen LogP contribution in [0.5, 0.6) is 11.6 Å². The Kier molecular flexibility index (Phi) is 10.6. The first-order valence-corrected chi connectivity index (χ1v) is 13.1. The smallest absolute Gasteiger partial charge is 0.262 e. The molecule has 0 radical (unpaired) electrons. The number of anilines is 3. The quantitative estimate of drug-likeness (QED) is 0.252. The molecule has 3 rings (SSSR count). The summed E-state index contributed by atoms with van der Waals surface area (Å²) in [5, 5.41) is 8.96. The second-order valence-corrected chi connectivity index (χ2v) is 9.11. The van der Waals surface area contributed by atoms with Crippen LogP contribution in [0.25, 0.3) is 0 Å². The summed E-state index contributed by atoms with van der Waals surface area (Å²) in [6.45, 7) is 13.5. The summed E-state index contributed by atoms with van der Waals surface area (Å²) in [6.07, 6.45) is 3.50. The van der Waals surface area contributed by atoms with Gasteiger partial charge >= 0.3 is 0 Å². The summed E-state index contributed by atoms with van der Waals surface area (Å²) in [7, 11) is 0. The number of benzene rings is 2. The van der Waals surface area contributed by atoms with Gasteiger partial charge in [-0.1, -0.05) is 38.1 Å². The molecule has 0 aliphatic heterocycles. The Morgan fingerprint density at radius 2 is 1.68 bits per heavy atom. The van der Waals surface area contributed by atoms with Crippen LogP contribution >= 0.6 is 0 Å². The number of ether oxygens (including phenoxy) is 1. The zero-order valence-electron chi connectivity index (χ0n) is 22.9. The average Bonchev–Trinajstić information content (AvgIpc) is 2.88. The average molecular weight is 519 g/mol. The van der Waals surface area contributed by atoms with E-state index < -0.39 is 0 Å². The molecule has 9 heteroatoms. The van der Waals surface area contributed by atoms with Gasteiger partial charge in [-0.05, 0) is 69.6 Å². The fourth-order valence-electron chi connectivity index (χ4n) is 4.03. The third kappa shape index (κ3) is 8.27. The minimum absolute atomic E-state index is 0.120. The van der Waals surface area contributed by atoms with Gasteiger partial charge in [-0.25, -0.2) is 4.98 Å². The molecule has 1 heterocycles. The van der Waals surface area contributed by atoms with Gasteiger partial charge in [0.15, 0.2) is 0 Å². The fraction of sp³-hybridized carbons (Fsp3) is 0.379. The molecular weight excluding hydrogens is 480 g/mol. The van der Waals surface area contributed by atoms with Crippen LogP contribution in [0.3, 0.4) is 0 Å². The SMILES string of the molecule is CCN(CC)CCCCNc1ncc(C(=O)Nc2c(C)cccc2C)c(Oc2cccc(NC(C)=O)c2)n1. The number of hydrogen-bond donors (Lipinski definition) is 3. The standard InChI is InChI=1S/C29H38N6O3/c1-6-35(7-2)17-9-8-16-30-29-31-19-25(27(37)33-26-20(3)12-10-13-21(26)4)28(34-29)38-24-15-11-14-23(18-24)32-22(5)36/h10-15,18-19H,6-9,16-17H2,1-5H3,(H,32,36)(H,33,37)(H,30,31,34). The van der Waals surface area contributed by atoms with E-state index in [-0.39, 0.29) is 23.3 Å². The van der Waals surface area contributed by atoms with Crippen molar-refractivity contribution < 1.29 is 14.3 Å². The van der Waals surface area contributed by atoms with Gasteiger partial charge in [-0.3, -0.25) is 9.59 Å². The summed E-state index contributed by atoms with van der Waals surface area (Å²) >= 11 is 0. The van der Waals surface area contributed by atoms with Crippen LogP contribution in [0.4, 0.5) is 17.3 Å². The van der Waals surface area contributed by atoms with E-state index >= 15 is 0 Å². The van der Waals surface area contributed by atoms with Crippen molar-refractivity contribution in [3.63, 3.8) is 0 Å². The van der Waals surface area contributed by atoms with Crippen LogP contribution in [0.1, 0.15) is 55.1 Å². The molecule has 202 valence electrons. The maximum Gasteiger partial charge on any atom is 0.262 e. The zero-order chi connectivity index (χ0) is 27.5. The molecule has 2 amide bonds. The normalized spacial score (nSPS) is 10.8. The number of rotatable bonds is 13. The molecule has 0 unspecified atom stereocenters. The van der Waals surface area contributed by atoms with Crippen molar-refractivity contribution in [3.8, 4) is 11.6 Å². The van der Waals surface area contributed by atoms with Crippen LogP contribution in [-0.4, -0.2) is 52.9 Å². The molecule has 0 aliphatic carbocycles. The molecule has 38 heavy (non-hydrogen) atoms. The molecule has 0 saturated heterocycles. The molecule has 3 N–H and O–H groups in total. The Labute approximate surface area is 225 Å². The number of aryl methyl sites for hydroxylation is 2. The highest BCUT2D eigenvalue weighted by atomic mass is 16.5. The van der Waals surface area contributed by atoms with E-state index in [1.54, 1.807) is 24.3 Å². The van der Waals surface area contributed by atoms with Crippen molar-refractivity contribution in [2.24, 2.45) is 0 Å². The molecule has 1 aromatic heterocycles. The van der Waals surface area contributed by atoms with Gasteiger partial charge in [0, 0.05) is 37.1 Å². The topological polar surface area (TPSA) is 108 Å². The summed E-state index contributed by atoms with van der Waals surface area (Å²) in [5.41, 5.74) is 3.42. The number of nitrogens with one attached hydrogen (secondary N) is 3. The Morgan fingerprint density at radius 1 is 0.974 bits per heavy atom. The minimum Gasteiger partial charge on any atom is -0.438 e. The first-order valence-electron chi connectivity index (χ1n) is 13.1. The van der Waals surface area contributed by atoms with E-state index in [0.29, 0.717) is 23.9 Å². The van der Waals surface area contributed by atoms with Gasteiger partial charge in [-0.2, -0.15) is 4.98 Å². The van der Waals surface area contributed by atoms with Gasteiger partial charge in [0.05, 0.1) is 0 Å². The highest BCUT2D eigenvalue weighted by Gasteiger charge is 2.19. The molecule has 9 nitrogen and oxygen atoms in total. The van der Waals surface area contributed by atoms with Gasteiger partial charge in [0.2, 0.25) is 17.7 Å². The number of unbranched alkanes of at least 4 members (excludes halogenated alkanes) is 1. The fourth-order valence-corrected chi connectivity index (χ4v) is 4.03. The number of nitrogens with zero attached hydrogens (tertiary/aromatic N) is 3. The van der Waals surface area contributed by atoms with Crippen molar-refractivity contribution in [2.45, 2.75) is 47.5 Å². The third-order valence-electron chi connectivity index (χ3n) is 6.17. The van der Waals surface area contributed by atoms with E-state index in [2.05, 4.69) is 44.7 Å². The summed E-state index contributed by atoms with van der Waals surface area (Å²) in [4.78, 5) is 36.1. The van der Waals surface area contributed by atoms with Crippen LogP contribution < -0.4 is 20.7 Å². The number of aromatic nitrogens is 2. The second kappa shape index (κ2) is 14.1. The molecule has 0 atom stereocenters. The monoisotopic (exact) mass is 518 g/mol. The lowest BCUT2D eigenvalue weighted by atomic mass is 10.1. The molecule has 0 spiro atoms. The number of para-hydroxylation sites is 1. The van der Waals surface area contributed by atoms with Gasteiger partial charge in [0.1, 0.15) is 11.3 Å².